The molecule has 0 aliphatic carbocycles. The molecule has 1 amide bonds. The number of nitrogens with one attached hydrogen (secondary N) is 2. The Kier molecular flexibility index (Phi) is 4.73. The molecule has 1 aliphatic heterocycles. The van der Waals surface area contributed by atoms with Crippen molar-refractivity contribution in [3.05, 3.63) is 0 Å². The van der Waals surface area contributed by atoms with Gasteiger partial charge >= 0.3 is 5.97 Å². The number of hydrogen-bond acceptors (Lipinski definition) is 3. The summed E-state index contributed by atoms with van der Waals surface area (Å²) in [6, 6.07) is -0.756. The van der Waals surface area contributed by atoms with Gasteiger partial charge in [0.2, 0.25) is 5.91 Å². The lowest BCUT2D eigenvalue weighted by molar-refractivity contribution is -0.142. The minimum atomic E-state index is -0.951. The Labute approximate surface area is 95.6 Å². The quantitative estimate of drug-likeness (QED) is 0.628. The van der Waals surface area contributed by atoms with Crippen molar-refractivity contribution in [2.45, 2.75) is 32.7 Å². The minimum absolute atomic E-state index is 0.0750. The highest BCUT2D eigenvalue weighted by Crippen LogP contribution is 2.10. The third-order valence-corrected chi connectivity index (χ3v) is 2.75. The zero-order valence-corrected chi connectivity index (χ0v) is 9.82. The highest BCUT2D eigenvalue weighted by Gasteiger charge is 2.27. The van der Waals surface area contributed by atoms with Crippen molar-refractivity contribution in [2.75, 3.05) is 13.1 Å². The molecule has 1 unspecified atom stereocenters. The second kappa shape index (κ2) is 5.84. The molecule has 92 valence electrons. The van der Waals surface area contributed by atoms with E-state index < -0.39 is 12.0 Å². The highest BCUT2D eigenvalue weighted by molar-refractivity contribution is 5.85. The van der Waals surface area contributed by atoms with E-state index in [1.54, 1.807) is 0 Å². The Hall–Kier alpha value is -1.10. The van der Waals surface area contributed by atoms with Gasteiger partial charge in [-0.05, 0) is 25.3 Å². The van der Waals surface area contributed by atoms with E-state index in [0.29, 0.717) is 13.0 Å². The van der Waals surface area contributed by atoms with Crippen molar-refractivity contribution in [1.29, 1.82) is 0 Å². The molecule has 0 spiro atoms. The van der Waals surface area contributed by atoms with Crippen LogP contribution in [0.4, 0.5) is 0 Å². The molecule has 1 saturated heterocycles. The Balaban J connectivity index is 2.47. The van der Waals surface area contributed by atoms with Crippen molar-refractivity contribution in [2.24, 2.45) is 11.8 Å². The molecule has 0 aromatic carbocycles. The fourth-order valence-electron chi connectivity index (χ4n) is 1.86. The van der Waals surface area contributed by atoms with Crippen molar-refractivity contribution in [3.63, 3.8) is 0 Å². The van der Waals surface area contributed by atoms with Gasteiger partial charge in [0.05, 0.1) is 5.92 Å². The Morgan fingerprint density at radius 2 is 2.19 bits per heavy atom. The number of carboxylic acid groups (broad SMARTS) is 1. The Morgan fingerprint density at radius 3 is 2.62 bits per heavy atom. The first-order valence-corrected chi connectivity index (χ1v) is 5.74. The molecule has 5 heteroatoms. The fourth-order valence-corrected chi connectivity index (χ4v) is 1.86. The zero-order chi connectivity index (χ0) is 12.1. The Bertz CT molecular complexity index is 260. The summed E-state index contributed by atoms with van der Waals surface area (Å²) in [6.45, 7) is 5.37. The molecule has 16 heavy (non-hydrogen) atoms. The van der Waals surface area contributed by atoms with Crippen molar-refractivity contribution < 1.29 is 14.7 Å². The van der Waals surface area contributed by atoms with Crippen LogP contribution in [0.5, 0.6) is 0 Å². The van der Waals surface area contributed by atoms with Crippen LogP contribution in [-0.2, 0) is 9.59 Å². The summed E-state index contributed by atoms with van der Waals surface area (Å²) in [5, 5.41) is 14.7. The van der Waals surface area contributed by atoms with Crippen LogP contribution in [0.3, 0.4) is 0 Å². The monoisotopic (exact) mass is 228 g/mol. The maximum atomic E-state index is 11.7. The van der Waals surface area contributed by atoms with Gasteiger partial charge in [-0.3, -0.25) is 4.79 Å². The van der Waals surface area contributed by atoms with Crippen molar-refractivity contribution in [3.8, 4) is 0 Å². The van der Waals surface area contributed by atoms with Crippen molar-refractivity contribution >= 4 is 11.9 Å². The average molecular weight is 228 g/mol. The van der Waals surface area contributed by atoms with E-state index in [4.69, 9.17) is 5.11 Å². The SMILES string of the molecule is CC(C)C[C@H](NC(=O)C1CCNC1)C(=O)O. The second-order valence-electron chi connectivity index (χ2n) is 4.72. The van der Waals surface area contributed by atoms with Gasteiger partial charge in [0.25, 0.3) is 0 Å². The molecule has 1 aliphatic rings. The van der Waals surface area contributed by atoms with E-state index >= 15 is 0 Å². The molecule has 1 fully saturated rings. The largest absolute Gasteiger partial charge is 0.480 e. The first-order chi connectivity index (χ1) is 7.50. The molecule has 0 bridgehead atoms. The maximum Gasteiger partial charge on any atom is 0.326 e. The molecule has 2 atom stereocenters. The van der Waals surface area contributed by atoms with Gasteiger partial charge in [0.15, 0.2) is 0 Å². The number of aliphatic carboxylic acids is 1. The van der Waals surface area contributed by atoms with Crippen LogP contribution in [0, 0.1) is 11.8 Å². The van der Waals surface area contributed by atoms with E-state index in [1.807, 2.05) is 13.8 Å². The molecule has 1 rings (SSSR count). The lowest BCUT2D eigenvalue weighted by Crippen LogP contribution is -2.44. The lowest BCUT2D eigenvalue weighted by atomic mass is 10.0. The normalized spacial score (nSPS) is 22.1. The molecule has 0 radical (unpaired) electrons. The number of carbonyl (C=O) groups excluding carboxylic acids is 1. The van der Waals surface area contributed by atoms with Crippen LogP contribution in [0.2, 0.25) is 0 Å². The zero-order valence-electron chi connectivity index (χ0n) is 9.82. The van der Waals surface area contributed by atoms with Crippen LogP contribution >= 0.6 is 0 Å². The summed E-state index contributed by atoms with van der Waals surface area (Å²) < 4.78 is 0. The van der Waals surface area contributed by atoms with Crippen LogP contribution in [0.25, 0.3) is 0 Å². The summed E-state index contributed by atoms with van der Waals surface area (Å²) in [5.41, 5.74) is 0. The number of carbonyl (C=O) groups is 2. The van der Waals surface area contributed by atoms with Crippen LogP contribution in [0.1, 0.15) is 26.7 Å². The lowest BCUT2D eigenvalue weighted by Gasteiger charge is -2.18. The smallest absolute Gasteiger partial charge is 0.326 e. The summed E-state index contributed by atoms with van der Waals surface area (Å²) in [4.78, 5) is 22.7. The van der Waals surface area contributed by atoms with Crippen molar-refractivity contribution in [1.82, 2.24) is 10.6 Å². The molecule has 0 saturated carbocycles. The summed E-state index contributed by atoms with van der Waals surface area (Å²) in [6.07, 6.45) is 1.26. The topological polar surface area (TPSA) is 78.4 Å². The van der Waals surface area contributed by atoms with Gasteiger partial charge in [-0.15, -0.1) is 0 Å². The van der Waals surface area contributed by atoms with E-state index in [0.717, 1.165) is 13.0 Å². The number of rotatable bonds is 5. The number of amides is 1. The predicted octanol–water partition coefficient (Wildman–Crippen LogP) is 0.211. The van der Waals surface area contributed by atoms with Crippen LogP contribution < -0.4 is 10.6 Å². The number of carboxylic acids is 1. The van der Waals surface area contributed by atoms with Gasteiger partial charge in [-0.1, -0.05) is 13.8 Å². The highest BCUT2D eigenvalue weighted by atomic mass is 16.4. The van der Waals surface area contributed by atoms with E-state index in [1.165, 1.54) is 0 Å². The van der Waals surface area contributed by atoms with E-state index in [9.17, 15) is 9.59 Å². The summed E-state index contributed by atoms with van der Waals surface area (Å²) in [5.74, 6) is -0.914. The second-order valence-corrected chi connectivity index (χ2v) is 4.72. The number of hydrogen-bond donors (Lipinski definition) is 3. The minimum Gasteiger partial charge on any atom is -0.480 e. The molecule has 5 nitrogen and oxygen atoms in total. The first kappa shape index (κ1) is 13.0. The fraction of sp³-hybridized carbons (Fsp3) is 0.818. The molecule has 0 aromatic heterocycles. The maximum absolute atomic E-state index is 11.7. The van der Waals surface area contributed by atoms with Gasteiger partial charge < -0.3 is 15.7 Å². The van der Waals surface area contributed by atoms with Gasteiger partial charge in [-0.25, -0.2) is 4.79 Å². The summed E-state index contributed by atoms with van der Waals surface area (Å²) >= 11 is 0. The molecular formula is C11H20N2O3. The van der Waals surface area contributed by atoms with E-state index in [-0.39, 0.29) is 17.7 Å². The third kappa shape index (κ3) is 3.81. The third-order valence-electron chi connectivity index (χ3n) is 2.75. The molecular weight excluding hydrogens is 208 g/mol. The summed E-state index contributed by atoms with van der Waals surface area (Å²) in [7, 11) is 0. The average Bonchev–Trinajstić information content (AvgIpc) is 2.68. The molecule has 3 N–H and O–H groups in total. The molecule has 0 aromatic rings. The van der Waals surface area contributed by atoms with Gasteiger partial charge in [0.1, 0.15) is 6.04 Å². The van der Waals surface area contributed by atoms with Crippen LogP contribution in [0.15, 0.2) is 0 Å². The molecule has 1 heterocycles. The standard InChI is InChI=1S/C11H20N2O3/c1-7(2)5-9(11(15)16)13-10(14)8-3-4-12-6-8/h7-9,12H,3-6H2,1-2H3,(H,13,14)(H,15,16)/t8?,9-/m0/s1. The Morgan fingerprint density at radius 1 is 1.50 bits per heavy atom. The predicted molar refractivity (Wildman–Crippen MR) is 60.0 cm³/mol. The van der Waals surface area contributed by atoms with Gasteiger partial charge in [-0.2, -0.15) is 0 Å². The van der Waals surface area contributed by atoms with Gasteiger partial charge in [0, 0.05) is 6.54 Å². The van der Waals surface area contributed by atoms with Crippen LogP contribution in [-0.4, -0.2) is 36.1 Å². The van der Waals surface area contributed by atoms with E-state index in [2.05, 4.69) is 10.6 Å². The first-order valence-electron chi connectivity index (χ1n) is 5.74.